The van der Waals surface area contributed by atoms with Gasteiger partial charge in [-0.3, -0.25) is 4.79 Å². The smallest absolute Gasteiger partial charge is 0.407 e. The Kier molecular flexibility index (Phi) is 6.03. The predicted octanol–water partition coefficient (Wildman–Crippen LogP) is 4.41. The minimum atomic E-state index is -1.04. The van der Waals surface area contributed by atoms with E-state index in [1.807, 2.05) is 38.1 Å². The second kappa shape index (κ2) is 9.02. The lowest BCUT2D eigenvalue weighted by Gasteiger charge is -2.35. The van der Waals surface area contributed by atoms with Gasteiger partial charge >= 0.3 is 12.1 Å². The molecule has 35 heavy (non-hydrogen) atoms. The molecule has 3 aliphatic rings. The van der Waals surface area contributed by atoms with E-state index in [2.05, 4.69) is 29.6 Å². The van der Waals surface area contributed by atoms with E-state index in [0.29, 0.717) is 13.0 Å². The number of hydrogen-bond donors (Lipinski definition) is 2. The highest BCUT2D eigenvalue weighted by molar-refractivity contribution is 5.91. The highest BCUT2D eigenvalue weighted by atomic mass is 16.5. The summed E-state index contributed by atoms with van der Waals surface area (Å²) >= 11 is 0. The molecular weight excluding hydrogens is 444 g/mol. The van der Waals surface area contributed by atoms with E-state index in [1.54, 1.807) is 0 Å². The summed E-state index contributed by atoms with van der Waals surface area (Å²) in [5.41, 5.74) is 3.56. The molecule has 2 aromatic carbocycles. The summed E-state index contributed by atoms with van der Waals surface area (Å²) in [4.78, 5) is 39.4. The third kappa shape index (κ3) is 4.07. The van der Waals surface area contributed by atoms with Crippen molar-refractivity contribution in [2.45, 2.75) is 57.0 Å². The van der Waals surface area contributed by atoms with Gasteiger partial charge in [-0.15, -0.1) is 0 Å². The molecule has 0 unspecified atom stereocenters. The first-order valence-corrected chi connectivity index (χ1v) is 12.5. The van der Waals surface area contributed by atoms with E-state index >= 15 is 0 Å². The van der Waals surface area contributed by atoms with Crippen LogP contribution in [0.4, 0.5) is 4.79 Å². The van der Waals surface area contributed by atoms with Gasteiger partial charge in [0.25, 0.3) is 0 Å². The molecule has 184 valence electrons. The van der Waals surface area contributed by atoms with E-state index < -0.39 is 23.6 Å². The van der Waals surface area contributed by atoms with Gasteiger partial charge in [0, 0.05) is 24.9 Å². The van der Waals surface area contributed by atoms with Gasteiger partial charge in [0.2, 0.25) is 5.91 Å². The third-order valence-corrected chi connectivity index (χ3v) is 8.01. The molecule has 1 aliphatic heterocycles. The Bertz CT molecular complexity index is 1120. The maximum absolute atomic E-state index is 13.2. The second-order valence-electron chi connectivity index (χ2n) is 10.3. The van der Waals surface area contributed by atoms with E-state index in [0.717, 1.165) is 35.1 Å². The van der Waals surface area contributed by atoms with Gasteiger partial charge in [-0.05, 0) is 53.4 Å². The van der Waals surface area contributed by atoms with Crippen LogP contribution in [0.15, 0.2) is 48.5 Å². The maximum atomic E-state index is 13.2. The summed E-state index contributed by atoms with van der Waals surface area (Å²) in [5.74, 6) is -1.14. The summed E-state index contributed by atoms with van der Waals surface area (Å²) in [7, 11) is 0. The number of piperidine rings is 1. The molecule has 1 saturated heterocycles. The molecule has 2 amide bonds. The van der Waals surface area contributed by atoms with Gasteiger partial charge in [0.1, 0.15) is 12.1 Å². The number of fused-ring (bicyclic) bond motifs is 4. The summed E-state index contributed by atoms with van der Waals surface area (Å²) < 4.78 is 5.67. The zero-order valence-corrected chi connectivity index (χ0v) is 20.2. The molecule has 2 aliphatic carbocycles. The molecule has 3 atom stereocenters. The number of nitrogens with zero attached hydrogens (tertiary/aromatic N) is 1. The topological polar surface area (TPSA) is 95.9 Å². The number of carbonyl (C=O) groups is 3. The van der Waals surface area contributed by atoms with Gasteiger partial charge in [-0.1, -0.05) is 62.4 Å². The van der Waals surface area contributed by atoms with Crippen molar-refractivity contribution in [2.24, 2.45) is 11.8 Å². The van der Waals surface area contributed by atoms with Crippen LogP contribution >= 0.6 is 0 Å². The van der Waals surface area contributed by atoms with Crippen LogP contribution in [-0.2, 0) is 14.3 Å². The highest BCUT2D eigenvalue weighted by Crippen LogP contribution is 2.54. The van der Waals surface area contributed by atoms with Crippen LogP contribution in [0, 0.1) is 11.8 Å². The number of aliphatic carboxylic acids is 1. The van der Waals surface area contributed by atoms with Crippen molar-refractivity contribution in [2.75, 3.05) is 13.2 Å². The quantitative estimate of drug-likeness (QED) is 0.617. The molecule has 0 aromatic heterocycles. The van der Waals surface area contributed by atoms with Gasteiger partial charge in [-0.2, -0.15) is 0 Å². The number of carbonyl (C=O) groups excluding carboxylic acids is 2. The number of nitrogens with one attached hydrogen (secondary N) is 1. The van der Waals surface area contributed by atoms with Crippen molar-refractivity contribution in [3.63, 3.8) is 0 Å². The molecule has 2 N–H and O–H groups in total. The number of carboxylic acid groups (broad SMARTS) is 1. The first kappa shape index (κ1) is 23.4. The molecule has 7 nitrogen and oxygen atoms in total. The lowest BCUT2D eigenvalue weighted by Crippen LogP contribution is -2.53. The number of hydrogen-bond acceptors (Lipinski definition) is 4. The predicted molar refractivity (Wildman–Crippen MR) is 131 cm³/mol. The SMILES string of the molecule is CC(C)[C@@H](CC(=O)N1CCC[C@H]2C[C@]21C(=O)O)NC(=O)OCC1c2ccccc2-c2ccccc21. The molecule has 2 aromatic rings. The van der Waals surface area contributed by atoms with Crippen LogP contribution in [0.1, 0.15) is 56.6 Å². The van der Waals surface area contributed by atoms with Crippen LogP contribution in [0.2, 0.25) is 0 Å². The number of alkyl carbamates (subject to hydrolysis) is 1. The Balaban J connectivity index is 1.23. The Morgan fingerprint density at radius 3 is 2.31 bits per heavy atom. The fourth-order valence-corrected chi connectivity index (χ4v) is 5.95. The first-order chi connectivity index (χ1) is 16.8. The van der Waals surface area contributed by atoms with Gasteiger partial charge < -0.3 is 20.1 Å². The van der Waals surface area contributed by atoms with Crippen molar-refractivity contribution in [3.05, 3.63) is 59.7 Å². The largest absolute Gasteiger partial charge is 0.479 e. The molecule has 0 spiro atoms. The number of likely N-dealkylation sites (tertiary alicyclic amines) is 1. The van der Waals surface area contributed by atoms with E-state index in [1.165, 1.54) is 4.90 Å². The molecule has 1 saturated carbocycles. The van der Waals surface area contributed by atoms with Crippen LogP contribution in [0.25, 0.3) is 11.1 Å². The summed E-state index contributed by atoms with van der Waals surface area (Å²) in [6.45, 7) is 4.53. The molecule has 2 fully saturated rings. The van der Waals surface area contributed by atoms with E-state index in [-0.39, 0.29) is 36.7 Å². The summed E-state index contributed by atoms with van der Waals surface area (Å²) in [5, 5.41) is 12.6. The Hall–Kier alpha value is -3.35. The number of benzene rings is 2. The summed E-state index contributed by atoms with van der Waals surface area (Å²) in [6.07, 6.45) is 1.69. The minimum Gasteiger partial charge on any atom is -0.479 e. The van der Waals surface area contributed by atoms with Crippen LogP contribution in [-0.4, -0.2) is 52.7 Å². The fourth-order valence-electron chi connectivity index (χ4n) is 5.95. The average molecular weight is 477 g/mol. The number of carboxylic acids is 1. The van der Waals surface area contributed by atoms with E-state index in [9.17, 15) is 19.5 Å². The fraction of sp³-hybridized carbons (Fsp3) is 0.464. The van der Waals surface area contributed by atoms with Gasteiger partial charge in [0.15, 0.2) is 0 Å². The van der Waals surface area contributed by atoms with Crippen molar-refractivity contribution in [1.29, 1.82) is 0 Å². The standard InChI is InChI=1S/C28H32N2O5/c1-17(2)24(14-25(31)30-13-7-8-18-15-28(18,30)26(32)33)29-27(34)35-16-23-21-11-5-3-9-19(21)20-10-4-6-12-22(20)23/h3-6,9-12,17-18,23-24H,7-8,13-16H2,1-2H3,(H,29,34)(H,32,33)/t18-,24+,28+/m0/s1. The van der Waals surface area contributed by atoms with Crippen molar-refractivity contribution in [1.82, 2.24) is 10.2 Å². The number of amides is 2. The second-order valence-corrected chi connectivity index (χ2v) is 10.3. The molecule has 5 rings (SSSR count). The van der Waals surface area contributed by atoms with Crippen molar-refractivity contribution < 1.29 is 24.2 Å². The monoisotopic (exact) mass is 476 g/mol. The highest BCUT2D eigenvalue weighted by Gasteiger charge is 2.66. The Morgan fingerprint density at radius 2 is 1.71 bits per heavy atom. The Labute approximate surface area is 205 Å². The molecular formula is C28H32N2O5. The van der Waals surface area contributed by atoms with Crippen molar-refractivity contribution in [3.8, 4) is 11.1 Å². The van der Waals surface area contributed by atoms with Crippen molar-refractivity contribution >= 4 is 18.0 Å². The molecule has 0 radical (unpaired) electrons. The van der Waals surface area contributed by atoms with Gasteiger partial charge in [0.05, 0.1) is 0 Å². The summed E-state index contributed by atoms with van der Waals surface area (Å²) in [6, 6.07) is 15.9. The first-order valence-electron chi connectivity index (χ1n) is 12.5. The molecule has 0 bridgehead atoms. The number of rotatable bonds is 7. The third-order valence-electron chi connectivity index (χ3n) is 8.01. The lowest BCUT2D eigenvalue weighted by molar-refractivity contribution is -0.154. The number of ether oxygens (including phenoxy) is 1. The van der Waals surface area contributed by atoms with Gasteiger partial charge in [-0.25, -0.2) is 9.59 Å². The van der Waals surface area contributed by atoms with Crippen LogP contribution in [0.5, 0.6) is 0 Å². The van der Waals surface area contributed by atoms with E-state index in [4.69, 9.17) is 4.74 Å². The van der Waals surface area contributed by atoms with Crippen LogP contribution < -0.4 is 5.32 Å². The molecule has 1 heterocycles. The average Bonchev–Trinajstić information content (AvgIpc) is 3.53. The minimum absolute atomic E-state index is 0.0139. The maximum Gasteiger partial charge on any atom is 0.407 e. The Morgan fingerprint density at radius 1 is 1.09 bits per heavy atom. The molecule has 7 heteroatoms. The van der Waals surface area contributed by atoms with Crippen LogP contribution in [0.3, 0.4) is 0 Å². The zero-order valence-electron chi connectivity index (χ0n) is 20.2. The lowest BCUT2D eigenvalue weighted by atomic mass is 9.97. The zero-order chi connectivity index (χ0) is 24.7. The normalized spacial score (nSPS) is 23.2.